The zero-order valence-corrected chi connectivity index (χ0v) is 21.1. The molecule has 0 atom stereocenters. The Balaban J connectivity index is 0.00000320. The predicted octanol–water partition coefficient (Wildman–Crippen LogP) is 7.97. The number of nitrogens with one attached hydrogen (secondary N) is 1. The van der Waals surface area contributed by atoms with Crippen molar-refractivity contribution in [3.05, 3.63) is 56.0 Å². The smallest absolute Gasteiger partial charge is 0.175 e. The van der Waals surface area contributed by atoms with E-state index in [4.69, 9.17) is 32.7 Å². The molecule has 3 rings (SSSR count). The van der Waals surface area contributed by atoms with Crippen LogP contribution in [0, 0.1) is 0 Å². The van der Waals surface area contributed by atoms with Crippen LogP contribution in [0.3, 0.4) is 0 Å². The molecule has 2 aromatic carbocycles. The maximum atomic E-state index is 6.10. The lowest BCUT2D eigenvalue weighted by molar-refractivity contribution is 0.282. The van der Waals surface area contributed by atoms with Crippen LogP contribution in [0.2, 0.25) is 10.0 Å². The Hall–Kier alpha value is -0.650. The van der Waals surface area contributed by atoms with E-state index in [9.17, 15) is 0 Å². The van der Waals surface area contributed by atoms with Gasteiger partial charge < -0.3 is 14.8 Å². The summed E-state index contributed by atoms with van der Waals surface area (Å²) in [7, 11) is 1.67. The highest BCUT2D eigenvalue weighted by molar-refractivity contribution is 9.10. The molecule has 30 heavy (non-hydrogen) atoms. The van der Waals surface area contributed by atoms with Crippen molar-refractivity contribution < 1.29 is 9.47 Å². The minimum Gasteiger partial charge on any atom is -0.493 e. The van der Waals surface area contributed by atoms with Crippen molar-refractivity contribution in [2.45, 2.75) is 64.1 Å². The molecule has 2 aromatic rings. The summed E-state index contributed by atoms with van der Waals surface area (Å²) in [5.41, 5.74) is 2.13. The molecule has 0 amide bonds. The average Bonchev–Trinajstić information content (AvgIpc) is 2.68. The van der Waals surface area contributed by atoms with Crippen LogP contribution in [0.4, 0.5) is 0 Å². The maximum absolute atomic E-state index is 6.10. The third-order valence-corrected chi connectivity index (χ3v) is 6.68. The van der Waals surface area contributed by atoms with Gasteiger partial charge in [0.25, 0.3) is 0 Å². The van der Waals surface area contributed by atoms with E-state index in [1.165, 1.54) is 50.5 Å². The van der Waals surface area contributed by atoms with E-state index in [1.54, 1.807) is 13.2 Å². The molecule has 0 unspecified atom stereocenters. The lowest BCUT2D eigenvalue weighted by atomic mass is 9.96. The van der Waals surface area contributed by atoms with Crippen LogP contribution >= 0.6 is 51.5 Å². The third kappa shape index (κ3) is 7.49. The van der Waals surface area contributed by atoms with Gasteiger partial charge in [-0.2, -0.15) is 0 Å². The van der Waals surface area contributed by atoms with Gasteiger partial charge in [-0.05, 0) is 64.2 Å². The summed E-state index contributed by atoms with van der Waals surface area (Å²) >= 11 is 15.7. The van der Waals surface area contributed by atoms with Gasteiger partial charge in [0.05, 0.1) is 21.6 Å². The second-order valence-corrected chi connectivity index (χ2v) is 9.24. The van der Waals surface area contributed by atoms with Crippen LogP contribution in [0.5, 0.6) is 11.5 Å². The first-order valence-corrected chi connectivity index (χ1v) is 11.8. The molecule has 0 aliphatic heterocycles. The molecule has 1 fully saturated rings. The van der Waals surface area contributed by atoms with E-state index >= 15 is 0 Å². The van der Waals surface area contributed by atoms with Crippen molar-refractivity contribution in [2.75, 3.05) is 7.11 Å². The van der Waals surface area contributed by atoms with Crippen molar-refractivity contribution in [3.8, 4) is 11.5 Å². The summed E-state index contributed by atoms with van der Waals surface area (Å²) in [4.78, 5) is 0. The Morgan fingerprint density at radius 1 is 0.967 bits per heavy atom. The molecular formula is C23H29BrCl3NO2. The fourth-order valence-corrected chi connectivity index (χ4v) is 4.65. The zero-order valence-electron chi connectivity index (χ0n) is 17.2. The summed E-state index contributed by atoms with van der Waals surface area (Å²) in [5.74, 6) is 1.40. The summed E-state index contributed by atoms with van der Waals surface area (Å²) in [6.07, 6.45) is 9.30. The number of hydrogen-bond donors (Lipinski definition) is 1. The average molecular weight is 538 g/mol. The predicted molar refractivity (Wildman–Crippen MR) is 132 cm³/mol. The first-order chi connectivity index (χ1) is 14.1. The summed E-state index contributed by atoms with van der Waals surface area (Å²) in [6.45, 7) is 1.21. The molecular weight excluding hydrogens is 509 g/mol. The minimum absolute atomic E-state index is 0. The zero-order chi connectivity index (χ0) is 20.6. The van der Waals surface area contributed by atoms with E-state index in [-0.39, 0.29) is 12.4 Å². The molecule has 3 nitrogen and oxygen atoms in total. The van der Waals surface area contributed by atoms with Gasteiger partial charge in [-0.1, -0.05) is 61.4 Å². The second-order valence-electron chi connectivity index (χ2n) is 7.57. The molecule has 0 bridgehead atoms. The van der Waals surface area contributed by atoms with Crippen LogP contribution in [0.15, 0.2) is 34.8 Å². The Kier molecular flexibility index (Phi) is 11.1. The molecule has 1 aliphatic carbocycles. The molecule has 0 spiro atoms. The number of benzene rings is 2. The molecule has 0 radical (unpaired) electrons. The van der Waals surface area contributed by atoms with Gasteiger partial charge in [0.15, 0.2) is 11.5 Å². The molecule has 1 N–H and O–H groups in total. The number of methoxy groups -OCH3 is 1. The molecule has 0 aromatic heterocycles. The van der Waals surface area contributed by atoms with Gasteiger partial charge in [0, 0.05) is 12.6 Å². The van der Waals surface area contributed by atoms with Crippen LogP contribution in [0.25, 0.3) is 0 Å². The molecule has 1 aliphatic rings. The van der Waals surface area contributed by atoms with Crippen LogP contribution < -0.4 is 14.8 Å². The Labute approximate surface area is 204 Å². The third-order valence-electron chi connectivity index (χ3n) is 5.36. The molecule has 7 heteroatoms. The second kappa shape index (κ2) is 13.0. The maximum Gasteiger partial charge on any atom is 0.175 e. The normalized spacial score (nSPS) is 15.1. The SMILES string of the molecule is COc1cc(CNC2CCCCCCC2)cc(Br)c1OCc1ccc(Cl)c(Cl)c1.Cl. The molecule has 0 saturated heterocycles. The Morgan fingerprint density at radius 3 is 2.33 bits per heavy atom. The van der Waals surface area contributed by atoms with Crippen LogP contribution in [0.1, 0.15) is 56.1 Å². The number of rotatable bonds is 7. The lowest BCUT2D eigenvalue weighted by Gasteiger charge is -2.21. The monoisotopic (exact) mass is 535 g/mol. The van der Waals surface area contributed by atoms with Crippen molar-refractivity contribution in [2.24, 2.45) is 0 Å². The summed E-state index contributed by atoms with van der Waals surface area (Å²) in [6, 6.07) is 10.2. The van der Waals surface area contributed by atoms with Gasteiger partial charge >= 0.3 is 0 Å². The molecule has 1 saturated carbocycles. The number of hydrogen-bond acceptors (Lipinski definition) is 3. The van der Waals surface area contributed by atoms with Crippen molar-refractivity contribution in [1.82, 2.24) is 5.32 Å². The van der Waals surface area contributed by atoms with Crippen molar-refractivity contribution in [3.63, 3.8) is 0 Å². The highest BCUT2D eigenvalue weighted by atomic mass is 79.9. The number of halogens is 4. The Bertz CT molecular complexity index is 811. The Morgan fingerprint density at radius 2 is 1.67 bits per heavy atom. The van der Waals surface area contributed by atoms with Crippen molar-refractivity contribution in [1.29, 1.82) is 0 Å². The van der Waals surface area contributed by atoms with E-state index in [0.29, 0.717) is 34.2 Å². The van der Waals surface area contributed by atoms with Crippen molar-refractivity contribution >= 4 is 51.5 Å². The van der Waals surface area contributed by atoms with E-state index < -0.39 is 0 Å². The molecule has 166 valence electrons. The van der Waals surface area contributed by atoms with Gasteiger partial charge in [-0.25, -0.2) is 0 Å². The minimum atomic E-state index is 0. The van der Waals surface area contributed by atoms with Gasteiger partial charge in [-0.3, -0.25) is 0 Å². The lowest BCUT2D eigenvalue weighted by Crippen LogP contribution is -2.29. The topological polar surface area (TPSA) is 30.5 Å². The van der Waals surface area contributed by atoms with Crippen LogP contribution in [-0.4, -0.2) is 13.2 Å². The quantitative estimate of drug-likeness (QED) is 0.389. The largest absolute Gasteiger partial charge is 0.493 e. The van der Waals surface area contributed by atoms with Gasteiger partial charge in [-0.15, -0.1) is 12.4 Å². The van der Waals surface area contributed by atoms with Gasteiger partial charge in [0.2, 0.25) is 0 Å². The first kappa shape index (κ1) is 25.6. The van der Waals surface area contributed by atoms with E-state index in [2.05, 4.69) is 27.3 Å². The first-order valence-electron chi connectivity index (χ1n) is 10.2. The fourth-order valence-electron chi connectivity index (χ4n) is 3.72. The van der Waals surface area contributed by atoms with E-state index in [0.717, 1.165) is 16.6 Å². The summed E-state index contributed by atoms with van der Waals surface area (Å²) in [5, 5.41) is 4.79. The highest BCUT2D eigenvalue weighted by Gasteiger charge is 2.15. The van der Waals surface area contributed by atoms with Crippen LogP contribution in [-0.2, 0) is 13.2 Å². The standard InChI is InChI=1S/C23H28BrCl2NO2.ClH/c1-28-22-13-17(14-27-18-7-5-3-2-4-6-8-18)11-19(24)23(22)29-15-16-9-10-20(25)21(26)12-16;/h9-13,18,27H,2-8,14-15H2,1H3;1H. The summed E-state index contributed by atoms with van der Waals surface area (Å²) < 4.78 is 12.5. The highest BCUT2D eigenvalue weighted by Crippen LogP contribution is 2.37. The molecule has 0 heterocycles. The van der Waals surface area contributed by atoms with E-state index in [1.807, 2.05) is 18.2 Å². The fraction of sp³-hybridized carbons (Fsp3) is 0.478. The number of ether oxygens (including phenoxy) is 2. The van der Waals surface area contributed by atoms with Gasteiger partial charge in [0.1, 0.15) is 6.61 Å².